The number of nitrogens with one attached hydrogen (secondary N) is 1. The van der Waals surface area contributed by atoms with Gasteiger partial charge >= 0.3 is 0 Å². The summed E-state index contributed by atoms with van der Waals surface area (Å²) in [6.07, 6.45) is 0. The highest BCUT2D eigenvalue weighted by atomic mass is 79.9. The molecule has 1 aliphatic heterocycles. The second kappa shape index (κ2) is 7.63. The van der Waals surface area contributed by atoms with Crippen LogP contribution in [-0.2, 0) is 14.8 Å². The van der Waals surface area contributed by atoms with Crippen molar-refractivity contribution < 1.29 is 17.9 Å². The van der Waals surface area contributed by atoms with E-state index in [4.69, 9.17) is 9.47 Å². The topological polar surface area (TPSA) is 67.9 Å². The van der Waals surface area contributed by atoms with Crippen LogP contribution in [0.4, 0.5) is 11.4 Å². The Bertz CT molecular complexity index is 834. The van der Waals surface area contributed by atoms with Crippen LogP contribution < -0.4 is 14.4 Å². The number of hydrogen-bond donors (Lipinski definition) is 1. The molecule has 0 saturated carbocycles. The van der Waals surface area contributed by atoms with Crippen molar-refractivity contribution in [2.45, 2.75) is 4.90 Å². The fourth-order valence-corrected chi connectivity index (χ4v) is 4.40. The molecule has 0 aromatic heterocycles. The van der Waals surface area contributed by atoms with Crippen LogP contribution in [0, 0.1) is 0 Å². The molecule has 0 radical (unpaired) electrons. The van der Waals surface area contributed by atoms with Crippen LogP contribution in [0.2, 0.25) is 0 Å². The van der Waals surface area contributed by atoms with E-state index in [0.717, 1.165) is 18.8 Å². The summed E-state index contributed by atoms with van der Waals surface area (Å²) in [6, 6.07) is 12.2. The fraction of sp³-hybridized carbons (Fsp3) is 0.294. The van der Waals surface area contributed by atoms with Gasteiger partial charge in [0.1, 0.15) is 10.6 Å². The lowest BCUT2D eigenvalue weighted by Crippen LogP contribution is -2.36. The minimum absolute atomic E-state index is 0.0848. The van der Waals surface area contributed by atoms with Crippen molar-refractivity contribution in [1.82, 2.24) is 0 Å². The van der Waals surface area contributed by atoms with Crippen molar-refractivity contribution in [2.75, 3.05) is 43.0 Å². The normalized spacial score (nSPS) is 15.0. The van der Waals surface area contributed by atoms with Gasteiger partial charge in [-0.15, -0.1) is 0 Å². The van der Waals surface area contributed by atoms with Crippen LogP contribution in [0.1, 0.15) is 0 Å². The summed E-state index contributed by atoms with van der Waals surface area (Å²) in [5, 5.41) is 0. The van der Waals surface area contributed by atoms with E-state index in [0.29, 0.717) is 29.1 Å². The average Bonchev–Trinajstić information content (AvgIpc) is 2.63. The minimum atomic E-state index is -3.75. The molecule has 1 heterocycles. The summed E-state index contributed by atoms with van der Waals surface area (Å²) in [7, 11) is -2.31. The molecule has 1 saturated heterocycles. The van der Waals surface area contributed by atoms with Gasteiger partial charge in [-0.05, 0) is 42.5 Å². The molecular formula is C17H19BrN2O4S. The predicted octanol–water partition coefficient (Wildman–Crippen LogP) is 3.10. The number of benzene rings is 2. The highest BCUT2D eigenvalue weighted by Crippen LogP contribution is 2.29. The van der Waals surface area contributed by atoms with E-state index in [1.807, 2.05) is 12.1 Å². The zero-order chi connectivity index (χ0) is 17.9. The second-order valence-electron chi connectivity index (χ2n) is 5.55. The summed E-state index contributed by atoms with van der Waals surface area (Å²) in [5.41, 5.74) is 1.55. The summed E-state index contributed by atoms with van der Waals surface area (Å²) in [4.78, 5) is 2.29. The van der Waals surface area contributed by atoms with Crippen LogP contribution in [-0.4, -0.2) is 41.8 Å². The number of anilines is 2. The van der Waals surface area contributed by atoms with Crippen LogP contribution in [0.5, 0.6) is 5.75 Å². The maximum absolute atomic E-state index is 12.7. The number of ether oxygens (including phenoxy) is 2. The number of rotatable bonds is 5. The molecule has 25 heavy (non-hydrogen) atoms. The first-order chi connectivity index (χ1) is 12.0. The zero-order valence-electron chi connectivity index (χ0n) is 13.7. The molecule has 0 atom stereocenters. The van der Waals surface area contributed by atoms with Gasteiger partial charge in [0, 0.05) is 28.9 Å². The van der Waals surface area contributed by atoms with Gasteiger partial charge in [-0.3, -0.25) is 4.72 Å². The van der Waals surface area contributed by atoms with Crippen molar-refractivity contribution in [3.05, 3.63) is 46.9 Å². The Morgan fingerprint density at radius 1 is 1.12 bits per heavy atom. The van der Waals surface area contributed by atoms with E-state index in [2.05, 4.69) is 25.6 Å². The second-order valence-corrected chi connectivity index (χ2v) is 8.11. The van der Waals surface area contributed by atoms with E-state index in [1.165, 1.54) is 13.2 Å². The van der Waals surface area contributed by atoms with Crippen LogP contribution in [0.3, 0.4) is 0 Å². The van der Waals surface area contributed by atoms with E-state index < -0.39 is 10.0 Å². The Morgan fingerprint density at radius 3 is 2.44 bits per heavy atom. The molecule has 134 valence electrons. The third-order valence-corrected chi connectivity index (χ3v) is 5.81. The van der Waals surface area contributed by atoms with Crippen molar-refractivity contribution in [3.63, 3.8) is 0 Å². The summed E-state index contributed by atoms with van der Waals surface area (Å²) >= 11 is 3.29. The molecule has 2 aromatic carbocycles. The van der Waals surface area contributed by atoms with Gasteiger partial charge in [-0.1, -0.05) is 15.9 Å². The van der Waals surface area contributed by atoms with Gasteiger partial charge in [-0.2, -0.15) is 0 Å². The Morgan fingerprint density at radius 2 is 1.80 bits per heavy atom. The number of nitrogens with zero attached hydrogens (tertiary/aromatic N) is 1. The standard InChI is InChI=1S/C17H19BrN2O4S/c1-23-16-7-2-13(18)12-17(16)25(21,22)19-14-3-5-15(6-4-14)20-8-10-24-11-9-20/h2-7,12,19H,8-11H2,1H3. The number of hydrogen-bond acceptors (Lipinski definition) is 5. The van der Waals surface area contributed by atoms with Gasteiger partial charge in [0.2, 0.25) is 0 Å². The predicted molar refractivity (Wildman–Crippen MR) is 101 cm³/mol. The molecule has 0 bridgehead atoms. The molecule has 6 nitrogen and oxygen atoms in total. The number of methoxy groups -OCH3 is 1. The van der Waals surface area contributed by atoms with Crippen LogP contribution >= 0.6 is 15.9 Å². The summed E-state index contributed by atoms with van der Waals surface area (Å²) < 4.78 is 39.1. The SMILES string of the molecule is COc1ccc(Br)cc1S(=O)(=O)Nc1ccc(N2CCOCC2)cc1. The van der Waals surface area contributed by atoms with Gasteiger partial charge in [-0.25, -0.2) is 8.42 Å². The van der Waals surface area contributed by atoms with E-state index in [9.17, 15) is 8.42 Å². The summed E-state index contributed by atoms with van der Waals surface area (Å²) in [6.45, 7) is 3.08. The third kappa shape index (κ3) is 4.26. The first kappa shape index (κ1) is 18.0. The Hall–Kier alpha value is -1.77. The van der Waals surface area contributed by atoms with Gasteiger partial charge in [0.05, 0.1) is 20.3 Å². The molecule has 1 aliphatic rings. The molecular weight excluding hydrogens is 408 g/mol. The molecule has 0 aliphatic carbocycles. The van der Waals surface area contributed by atoms with Gasteiger partial charge in [0.25, 0.3) is 10.0 Å². The lowest BCUT2D eigenvalue weighted by molar-refractivity contribution is 0.122. The average molecular weight is 427 g/mol. The molecule has 2 aromatic rings. The smallest absolute Gasteiger partial charge is 0.265 e. The van der Waals surface area contributed by atoms with Crippen LogP contribution in [0.25, 0.3) is 0 Å². The maximum Gasteiger partial charge on any atom is 0.265 e. The van der Waals surface area contributed by atoms with Gasteiger partial charge in [0.15, 0.2) is 0 Å². The number of halogens is 1. The summed E-state index contributed by atoms with van der Waals surface area (Å²) in [5.74, 6) is 0.292. The van der Waals surface area contributed by atoms with Crippen molar-refractivity contribution in [3.8, 4) is 5.75 Å². The van der Waals surface area contributed by atoms with Crippen molar-refractivity contribution >= 4 is 37.3 Å². The molecule has 8 heteroatoms. The Labute approximate surface area is 155 Å². The van der Waals surface area contributed by atoms with Crippen molar-refractivity contribution in [2.24, 2.45) is 0 Å². The molecule has 0 unspecified atom stereocenters. The van der Waals surface area contributed by atoms with Crippen molar-refractivity contribution in [1.29, 1.82) is 0 Å². The monoisotopic (exact) mass is 426 g/mol. The minimum Gasteiger partial charge on any atom is -0.495 e. The fourth-order valence-electron chi connectivity index (χ4n) is 2.63. The zero-order valence-corrected chi connectivity index (χ0v) is 16.1. The third-order valence-electron chi connectivity index (χ3n) is 3.91. The number of morpholine rings is 1. The molecule has 0 spiro atoms. The largest absolute Gasteiger partial charge is 0.495 e. The molecule has 1 N–H and O–H groups in total. The number of sulfonamides is 1. The highest BCUT2D eigenvalue weighted by molar-refractivity contribution is 9.10. The van der Waals surface area contributed by atoms with Crippen LogP contribution in [0.15, 0.2) is 51.8 Å². The van der Waals surface area contributed by atoms with E-state index in [1.54, 1.807) is 24.3 Å². The van der Waals surface area contributed by atoms with E-state index >= 15 is 0 Å². The van der Waals surface area contributed by atoms with Gasteiger partial charge < -0.3 is 14.4 Å². The Kier molecular flexibility index (Phi) is 5.51. The lowest BCUT2D eigenvalue weighted by atomic mass is 10.2. The van der Waals surface area contributed by atoms with E-state index in [-0.39, 0.29) is 4.90 Å². The Balaban J connectivity index is 1.80. The first-order valence-electron chi connectivity index (χ1n) is 7.79. The molecule has 0 amide bonds. The first-order valence-corrected chi connectivity index (χ1v) is 10.1. The molecule has 1 fully saturated rings. The highest BCUT2D eigenvalue weighted by Gasteiger charge is 2.20. The molecule has 3 rings (SSSR count). The quantitative estimate of drug-likeness (QED) is 0.795. The maximum atomic E-state index is 12.7. The lowest BCUT2D eigenvalue weighted by Gasteiger charge is -2.28.